The monoisotopic (exact) mass is 250 g/mol. The maximum atomic E-state index is 10.2. The molecule has 2 heteroatoms. The van der Waals surface area contributed by atoms with E-state index in [9.17, 15) is 4.79 Å². The van der Waals surface area contributed by atoms with Crippen molar-refractivity contribution in [2.45, 2.75) is 58.3 Å². The third kappa shape index (κ3) is 14.7. The zero-order chi connectivity index (χ0) is 13.5. The van der Waals surface area contributed by atoms with Gasteiger partial charge in [-0.25, -0.2) is 4.79 Å². The van der Waals surface area contributed by atoms with Gasteiger partial charge in [-0.3, -0.25) is 0 Å². The zero-order valence-electron chi connectivity index (χ0n) is 11.5. The summed E-state index contributed by atoms with van der Waals surface area (Å²) in [5, 5.41) is 8.36. The molecule has 0 aromatic carbocycles. The van der Waals surface area contributed by atoms with Crippen LogP contribution < -0.4 is 0 Å². The van der Waals surface area contributed by atoms with Gasteiger partial charge >= 0.3 is 5.97 Å². The van der Waals surface area contributed by atoms with Gasteiger partial charge < -0.3 is 5.11 Å². The van der Waals surface area contributed by atoms with Gasteiger partial charge in [0.1, 0.15) is 0 Å². The highest BCUT2D eigenvalue weighted by Crippen LogP contribution is 2.06. The molecule has 0 aromatic heterocycles. The topological polar surface area (TPSA) is 37.3 Å². The van der Waals surface area contributed by atoms with Crippen molar-refractivity contribution in [1.82, 2.24) is 0 Å². The van der Waals surface area contributed by atoms with E-state index < -0.39 is 5.97 Å². The summed E-state index contributed by atoms with van der Waals surface area (Å²) in [5.41, 5.74) is 0. The highest BCUT2D eigenvalue weighted by molar-refractivity contribution is 5.80. The van der Waals surface area contributed by atoms with Gasteiger partial charge in [0.25, 0.3) is 0 Å². The van der Waals surface area contributed by atoms with Gasteiger partial charge in [0.15, 0.2) is 0 Å². The lowest BCUT2D eigenvalue weighted by molar-refractivity contribution is -0.131. The van der Waals surface area contributed by atoms with Crippen LogP contribution in [0.4, 0.5) is 0 Å². The predicted octanol–water partition coefficient (Wildman–Crippen LogP) is 4.88. The second kappa shape index (κ2) is 13.8. The number of unbranched alkanes of at least 4 members (excludes halogenated alkanes) is 6. The Bertz CT molecular complexity index is 275. The molecule has 0 unspecified atom stereocenters. The number of hydrogen-bond donors (Lipinski definition) is 1. The van der Waals surface area contributed by atoms with Crippen LogP contribution in [0, 0.1) is 0 Å². The average molecular weight is 250 g/mol. The van der Waals surface area contributed by atoms with E-state index in [2.05, 4.69) is 19.1 Å². The molecule has 2 nitrogen and oxygen atoms in total. The Morgan fingerprint density at radius 1 is 0.889 bits per heavy atom. The van der Waals surface area contributed by atoms with E-state index in [0.717, 1.165) is 12.5 Å². The van der Waals surface area contributed by atoms with Crippen molar-refractivity contribution in [3.63, 3.8) is 0 Å². The van der Waals surface area contributed by atoms with Crippen LogP contribution in [0.3, 0.4) is 0 Å². The van der Waals surface area contributed by atoms with E-state index in [-0.39, 0.29) is 0 Å². The lowest BCUT2D eigenvalue weighted by Crippen LogP contribution is -1.84. The fourth-order valence-electron chi connectivity index (χ4n) is 1.59. The number of hydrogen-bond acceptors (Lipinski definition) is 1. The van der Waals surface area contributed by atoms with Gasteiger partial charge in [0.05, 0.1) is 0 Å². The van der Waals surface area contributed by atoms with Gasteiger partial charge in [0.2, 0.25) is 0 Å². The van der Waals surface area contributed by atoms with E-state index in [4.69, 9.17) is 5.11 Å². The fraction of sp³-hybridized carbons (Fsp3) is 0.562. The number of carbonyl (C=O) groups is 1. The van der Waals surface area contributed by atoms with Crippen molar-refractivity contribution in [2.24, 2.45) is 0 Å². The van der Waals surface area contributed by atoms with E-state index >= 15 is 0 Å². The second-order valence-electron chi connectivity index (χ2n) is 4.38. The first kappa shape index (κ1) is 16.7. The summed E-state index contributed by atoms with van der Waals surface area (Å²) in [6, 6.07) is 0. The van der Waals surface area contributed by atoms with E-state index in [0.29, 0.717) is 0 Å². The lowest BCUT2D eigenvalue weighted by Gasteiger charge is -1.96. The van der Waals surface area contributed by atoms with Gasteiger partial charge in [0, 0.05) is 6.08 Å². The van der Waals surface area contributed by atoms with Gasteiger partial charge in [-0.05, 0) is 32.1 Å². The Morgan fingerprint density at radius 3 is 2.11 bits per heavy atom. The molecular weight excluding hydrogens is 224 g/mol. The van der Waals surface area contributed by atoms with Gasteiger partial charge in [-0.1, -0.05) is 56.6 Å². The average Bonchev–Trinajstić information content (AvgIpc) is 2.34. The molecule has 0 bridgehead atoms. The summed E-state index contributed by atoms with van der Waals surface area (Å²) in [7, 11) is 0. The molecule has 1 N–H and O–H groups in total. The van der Waals surface area contributed by atoms with Crippen LogP contribution in [0.15, 0.2) is 36.5 Å². The minimum absolute atomic E-state index is 0.893. The number of rotatable bonds is 11. The van der Waals surface area contributed by atoms with Crippen molar-refractivity contribution < 1.29 is 9.90 Å². The number of carboxylic acid groups (broad SMARTS) is 1. The van der Waals surface area contributed by atoms with Crippen LogP contribution in [0.5, 0.6) is 0 Å². The first-order valence-corrected chi connectivity index (χ1v) is 6.98. The Labute approximate surface area is 111 Å². The minimum atomic E-state index is -0.893. The number of carboxylic acids is 1. The molecule has 0 saturated heterocycles. The molecule has 0 amide bonds. The Balaban J connectivity index is 3.23. The predicted molar refractivity (Wildman–Crippen MR) is 77.7 cm³/mol. The van der Waals surface area contributed by atoms with E-state index in [1.807, 2.05) is 12.2 Å². The van der Waals surface area contributed by atoms with Crippen LogP contribution in [0.2, 0.25) is 0 Å². The minimum Gasteiger partial charge on any atom is -0.478 e. The first-order chi connectivity index (χ1) is 8.77. The largest absolute Gasteiger partial charge is 0.478 e. The first-order valence-electron chi connectivity index (χ1n) is 6.98. The van der Waals surface area contributed by atoms with Crippen LogP contribution in [-0.4, -0.2) is 11.1 Å². The standard InChI is InChI=1S/C16H26O2/c1-2-3-4-5-6-7-8-9-10-11-12-13-14-15-16(17)18/h4-5,12-15H,2-3,6-11H2,1H3,(H,17,18). The molecular formula is C16H26O2. The Kier molecular flexibility index (Phi) is 12.8. The highest BCUT2D eigenvalue weighted by Gasteiger charge is 1.87. The summed E-state index contributed by atoms with van der Waals surface area (Å²) in [6.45, 7) is 2.20. The van der Waals surface area contributed by atoms with E-state index in [1.165, 1.54) is 44.9 Å². The van der Waals surface area contributed by atoms with Gasteiger partial charge in [-0.2, -0.15) is 0 Å². The molecule has 102 valence electrons. The second-order valence-corrected chi connectivity index (χ2v) is 4.38. The normalized spacial score (nSPS) is 12.1. The van der Waals surface area contributed by atoms with Crippen LogP contribution >= 0.6 is 0 Å². The molecule has 0 heterocycles. The highest BCUT2D eigenvalue weighted by atomic mass is 16.4. The third-order valence-electron chi connectivity index (χ3n) is 2.60. The lowest BCUT2D eigenvalue weighted by atomic mass is 10.1. The molecule has 0 aromatic rings. The van der Waals surface area contributed by atoms with Crippen molar-refractivity contribution in [2.75, 3.05) is 0 Å². The summed E-state index contributed by atoms with van der Waals surface area (Å²) in [5.74, 6) is -0.893. The maximum Gasteiger partial charge on any atom is 0.328 e. The Hall–Kier alpha value is -1.31. The van der Waals surface area contributed by atoms with E-state index in [1.54, 1.807) is 6.08 Å². The van der Waals surface area contributed by atoms with Crippen LogP contribution in [0.25, 0.3) is 0 Å². The number of allylic oxidation sites excluding steroid dienone is 5. The molecule has 0 radical (unpaired) electrons. The molecule has 0 atom stereocenters. The molecule has 0 aliphatic heterocycles. The summed E-state index contributed by atoms with van der Waals surface area (Å²) >= 11 is 0. The van der Waals surface area contributed by atoms with Crippen molar-refractivity contribution in [3.05, 3.63) is 36.5 Å². The van der Waals surface area contributed by atoms with Crippen LogP contribution in [-0.2, 0) is 4.79 Å². The van der Waals surface area contributed by atoms with Gasteiger partial charge in [-0.15, -0.1) is 0 Å². The summed E-state index contributed by atoms with van der Waals surface area (Å²) in [4.78, 5) is 10.2. The summed E-state index contributed by atoms with van der Waals surface area (Å²) in [6.07, 6.45) is 20.8. The Morgan fingerprint density at radius 2 is 1.50 bits per heavy atom. The molecule has 0 rings (SSSR count). The number of aliphatic carboxylic acids is 1. The molecule has 18 heavy (non-hydrogen) atoms. The quantitative estimate of drug-likeness (QED) is 0.245. The fourth-order valence-corrected chi connectivity index (χ4v) is 1.59. The molecule has 0 saturated carbocycles. The molecule has 0 aliphatic carbocycles. The smallest absolute Gasteiger partial charge is 0.328 e. The van der Waals surface area contributed by atoms with Crippen molar-refractivity contribution in [1.29, 1.82) is 0 Å². The summed E-state index contributed by atoms with van der Waals surface area (Å²) < 4.78 is 0. The van der Waals surface area contributed by atoms with Crippen LogP contribution in [0.1, 0.15) is 58.3 Å². The molecule has 0 aliphatic rings. The van der Waals surface area contributed by atoms with Crippen molar-refractivity contribution in [3.8, 4) is 0 Å². The SMILES string of the molecule is CCCC=CCCCCCCC=CC=CC(=O)O. The molecule has 0 fully saturated rings. The third-order valence-corrected chi connectivity index (χ3v) is 2.60. The maximum absolute atomic E-state index is 10.2. The zero-order valence-corrected chi connectivity index (χ0v) is 11.5. The van der Waals surface area contributed by atoms with Crippen molar-refractivity contribution >= 4 is 5.97 Å². The molecule has 0 spiro atoms.